The van der Waals surface area contributed by atoms with Crippen molar-refractivity contribution in [3.63, 3.8) is 0 Å². The van der Waals surface area contributed by atoms with Crippen LogP contribution in [0.5, 0.6) is 0 Å². The highest BCUT2D eigenvalue weighted by Gasteiger charge is 2.32. The first-order chi connectivity index (χ1) is 11.5. The van der Waals surface area contributed by atoms with Crippen LogP contribution < -0.4 is 11.1 Å². The van der Waals surface area contributed by atoms with Crippen molar-refractivity contribution in [1.82, 2.24) is 15.1 Å². The monoisotopic (exact) mass is 349 g/mol. The SMILES string of the molecule is CC1(CN)CCN(Cc2nnc(C(=O)Nc3ccc(F)cc3)s2)C1. The normalized spacial score (nSPS) is 21.1. The van der Waals surface area contributed by atoms with Crippen molar-refractivity contribution < 1.29 is 9.18 Å². The van der Waals surface area contributed by atoms with Gasteiger partial charge >= 0.3 is 0 Å². The number of nitrogens with two attached hydrogens (primary N) is 1. The fourth-order valence-electron chi connectivity index (χ4n) is 2.75. The van der Waals surface area contributed by atoms with Crippen LogP contribution in [0.25, 0.3) is 0 Å². The van der Waals surface area contributed by atoms with Gasteiger partial charge < -0.3 is 11.1 Å². The Bertz CT molecular complexity index is 720. The summed E-state index contributed by atoms with van der Waals surface area (Å²) in [6, 6.07) is 5.60. The van der Waals surface area contributed by atoms with Crippen molar-refractivity contribution in [2.75, 3.05) is 25.0 Å². The minimum atomic E-state index is -0.346. The number of nitrogens with zero attached hydrogens (tertiary/aromatic N) is 3. The Balaban J connectivity index is 1.59. The lowest BCUT2D eigenvalue weighted by atomic mass is 9.90. The molecule has 2 aromatic rings. The van der Waals surface area contributed by atoms with Gasteiger partial charge in [-0.3, -0.25) is 9.69 Å². The summed E-state index contributed by atoms with van der Waals surface area (Å²) in [5, 5.41) is 11.9. The van der Waals surface area contributed by atoms with Crippen molar-refractivity contribution in [2.24, 2.45) is 11.1 Å². The van der Waals surface area contributed by atoms with E-state index in [1.54, 1.807) is 0 Å². The van der Waals surface area contributed by atoms with Gasteiger partial charge in [-0.15, -0.1) is 10.2 Å². The quantitative estimate of drug-likeness (QED) is 0.864. The molecule has 24 heavy (non-hydrogen) atoms. The molecule has 0 spiro atoms. The van der Waals surface area contributed by atoms with Gasteiger partial charge in [-0.2, -0.15) is 0 Å². The van der Waals surface area contributed by atoms with Gasteiger partial charge in [0.2, 0.25) is 5.01 Å². The molecule has 1 aromatic heterocycles. The van der Waals surface area contributed by atoms with Crippen LogP contribution in [0, 0.1) is 11.2 Å². The van der Waals surface area contributed by atoms with Gasteiger partial charge in [0.05, 0.1) is 6.54 Å². The predicted molar refractivity (Wildman–Crippen MR) is 91.3 cm³/mol. The molecule has 1 aliphatic heterocycles. The molecule has 0 radical (unpaired) electrons. The number of hydrogen-bond acceptors (Lipinski definition) is 6. The van der Waals surface area contributed by atoms with E-state index in [4.69, 9.17) is 5.73 Å². The largest absolute Gasteiger partial charge is 0.330 e. The number of anilines is 1. The fourth-order valence-corrected chi connectivity index (χ4v) is 3.52. The molecule has 0 aliphatic carbocycles. The van der Waals surface area contributed by atoms with Crippen LogP contribution in [0.2, 0.25) is 0 Å². The summed E-state index contributed by atoms with van der Waals surface area (Å²) >= 11 is 1.28. The highest BCUT2D eigenvalue weighted by Crippen LogP contribution is 2.29. The first kappa shape index (κ1) is 16.9. The van der Waals surface area contributed by atoms with E-state index in [1.165, 1.54) is 35.6 Å². The average Bonchev–Trinajstić information content (AvgIpc) is 3.18. The number of nitrogens with one attached hydrogen (secondary N) is 1. The molecule has 0 bridgehead atoms. The molecule has 3 rings (SSSR count). The average molecular weight is 349 g/mol. The maximum absolute atomic E-state index is 12.9. The molecule has 1 unspecified atom stereocenters. The number of likely N-dealkylation sites (tertiary alicyclic amines) is 1. The molecule has 8 heteroatoms. The van der Waals surface area contributed by atoms with Crippen molar-refractivity contribution in [3.8, 4) is 0 Å². The lowest BCUT2D eigenvalue weighted by Gasteiger charge is -2.21. The number of halogens is 1. The van der Waals surface area contributed by atoms with Crippen LogP contribution >= 0.6 is 11.3 Å². The molecular formula is C16H20FN5OS. The highest BCUT2D eigenvalue weighted by molar-refractivity contribution is 7.13. The zero-order chi connectivity index (χ0) is 17.2. The minimum absolute atomic E-state index is 0.160. The van der Waals surface area contributed by atoms with Crippen molar-refractivity contribution in [3.05, 3.63) is 40.1 Å². The number of hydrogen-bond donors (Lipinski definition) is 2. The summed E-state index contributed by atoms with van der Waals surface area (Å²) in [6.45, 7) is 5.45. The zero-order valence-electron chi connectivity index (χ0n) is 13.5. The summed E-state index contributed by atoms with van der Waals surface area (Å²) in [6.07, 6.45) is 1.07. The Kier molecular flexibility index (Phi) is 4.88. The van der Waals surface area contributed by atoms with E-state index in [9.17, 15) is 9.18 Å². The van der Waals surface area contributed by atoms with Crippen molar-refractivity contribution in [2.45, 2.75) is 19.9 Å². The second-order valence-electron chi connectivity index (χ2n) is 6.44. The number of carbonyl (C=O) groups excluding carboxylic acids is 1. The molecule has 1 atom stereocenters. The first-order valence-corrected chi connectivity index (χ1v) is 8.61. The smallest absolute Gasteiger partial charge is 0.286 e. The lowest BCUT2D eigenvalue weighted by molar-refractivity contribution is 0.102. The molecule has 3 N–H and O–H groups in total. The van der Waals surface area contributed by atoms with E-state index in [2.05, 4.69) is 27.3 Å². The molecule has 1 amide bonds. The third-order valence-corrected chi connectivity index (χ3v) is 5.16. The molecule has 1 aromatic carbocycles. The van der Waals surface area contributed by atoms with Gasteiger partial charge in [0, 0.05) is 12.2 Å². The van der Waals surface area contributed by atoms with E-state index < -0.39 is 0 Å². The van der Waals surface area contributed by atoms with Gasteiger partial charge in [-0.05, 0) is 49.2 Å². The maximum Gasteiger partial charge on any atom is 0.286 e. The summed E-state index contributed by atoms with van der Waals surface area (Å²) in [5.74, 6) is -0.681. The Morgan fingerprint density at radius 1 is 1.42 bits per heavy atom. The van der Waals surface area contributed by atoms with E-state index in [0.717, 1.165) is 24.5 Å². The van der Waals surface area contributed by atoms with E-state index >= 15 is 0 Å². The summed E-state index contributed by atoms with van der Waals surface area (Å²) in [4.78, 5) is 14.5. The molecular weight excluding hydrogens is 329 g/mol. The van der Waals surface area contributed by atoms with Crippen LogP contribution in [0.1, 0.15) is 28.2 Å². The Morgan fingerprint density at radius 3 is 2.83 bits per heavy atom. The second kappa shape index (κ2) is 6.92. The Labute approximate surface area is 143 Å². The zero-order valence-corrected chi connectivity index (χ0v) is 14.3. The van der Waals surface area contributed by atoms with Crippen molar-refractivity contribution in [1.29, 1.82) is 0 Å². The maximum atomic E-state index is 12.9. The van der Waals surface area contributed by atoms with Crippen LogP contribution in [-0.2, 0) is 6.54 Å². The number of rotatable bonds is 5. The van der Waals surface area contributed by atoms with Gasteiger partial charge in [-0.25, -0.2) is 4.39 Å². The molecule has 1 fully saturated rings. The second-order valence-corrected chi connectivity index (χ2v) is 7.50. The predicted octanol–water partition coefficient (Wildman–Crippen LogP) is 2.10. The fraction of sp³-hybridized carbons (Fsp3) is 0.438. The highest BCUT2D eigenvalue weighted by atomic mass is 32.1. The van der Waals surface area contributed by atoms with Crippen LogP contribution in [0.4, 0.5) is 10.1 Å². The van der Waals surface area contributed by atoms with E-state index in [0.29, 0.717) is 23.8 Å². The molecule has 1 aliphatic rings. The molecule has 128 valence electrons. The van der Waals surface area contributed by atoms with Crippen molar-refractivity contribution >= 4 is 22.9 Å². The van der Waals surface area contributed by atoms with Gasteiger partial charge in [-0.1, -0.05) is 18.3 Å². The number of aromatic nitrogens is 2. The Morgan fingerprint density at radius 2 is 2.17 bits per heavy atom. The lowest BCUT2D eigenvalue weighted by Crippen LogP contribution is -2.31. The molecule has 6 nitrogen and oxygen atoms in total. The van der Waals surface area contributed by atoms with Gasteiger partial charge in [0.25, 0.3) is 5.91 Å². The summed E-state index contributed by atoms with van der Waals surface area (Å²) < 4.78 is 12.9. The van der Waals surface area contributed by atoms with Crippen LogP contribution in [-0.4, -0.2) is 40.6 Å². The van der Waals surface area contributed by atoms with E-state index in [1.807, 2.05) is 0 Å². The Hall–Kier alpha value is -1.90. The number of amides is 1. The summed E-state index contributed by atoms with van der Waals surface area (Å²) in [7, 11) is 0. The summed E-state index contributed by atoms with van der Waals surface area (Å²) in [5.41, 5.74) is 6.51. The molecule has 0 saturated carbocycles. The number of carbonyl (C=O) groups is 1. The molecule has 2 heterocycles. The van der Waals surface area contributed by atoms with Crippen LogP contribution in [0.15, 0.2) is 24.3 Å². The third-order valence-electron chi connectivity index (χ3n) is 4.25. The number of benzene rings is 1. The van der Waals surface area contributed by atoms with Crippen LogP contribution in [0.3, 0.4) is 0 Å². The minimum Gasteiger partial charge on any atom is -0.330 e. The molecule has 1 saturated heterocycles. The standard InChI is InChI=1S/C16H20FN5OS/c1-16(9-18)6-7-22(10-16)8-13-20-21-15(24-13)14(23)19-12-4-2-11(17)3-5-12/h2-5H,6-10,18H2,1H3,(H,19,23). The van der Waals surface area contributed by atoms with Gasteiger partial charge in [0.15, 0.2) is 0 Å². The topological polar surface area (TPSA) is 84.1 Å². The van der Waals surface area contributed by atoms with Gasteiger partial charge in [0.1, 0.15) is 10.8 Å². The third kappa shape index (κ3) is 3.95. The van der Waals surface area contributed by atoms with E-state index in [-0.39, 0.29) is 17.1 Å². The first-order valence-electron chi connectivity index (χ1n) is 7.79.